The van der Waals surface area contributed by atoms with Gasteiger partial charge in [0.1, 0.15) is 0 Å². The Bertz CT molecular complexity index is 941. The third kappa shape index (κ3) is 4.57. The zero-order valence-electron chi connectivity index (χ0n) is 16.2. The fourth-order valence-corrected chi connectivity index (χ4v) is 4.18. The summed E-state index contributed by atoms with van der Waals surface area (Å²) in [4.78, 5) is 29.2. The molecule has 0 unspecified atom stereocenters. The highest BCUT2D eigenvalue weighted by atomic mass is 35.5. The third-order valence-electron chi connectivity index (χ3n) is 5.34. The third-order valence-corrected chi connectivity index (χ3v) is 5.88. The number of benzene rings is 1. The van der Waals surface area contributed by atoms with E-state index in [1.54, 1.807) is 33.8 Å². The van der Waals surface area contributed by atoms with Crippen LogP contribution in [0.25, 0.3) is 5.69 Å². The van der Waals surface area contributed by atoms with Crippen LogP contribution in [0.5, 0.6) is 0 Å². The van der Waals surface area contributed by atoms with Crippen molar-refractivity contribution < 1.29 is 9.59 Å². The Morgan fingerprint density at radius 3 is 2.62 bits per heavy atom. The molecule has 2 fully saturated rings. The molecule has 0 atom stereocenters. The van der Waals surface area contributed by atoms with Crippen LogP contribution in [0.3, 0.4) is 0 Å². The van der Waals surface area contributed by atoms with Crippen molar-refractivity contribution in [2.75, 3.05) is 31.5 Å². The number of aryl methyl sites for hydroxylation is 1. The standard InChI is InChI=1S/C20H23Cl2N5O2/c1-13-11-18(24-27(13)17-6-3-14(21)12-16(17)22)23-19(28)20(29)26-8-2-7-25(9-10-26)15-4-5-15/h3,6,11-12,15H,2,4-5,7-10H2,1H3,(H,23,24,28). The molecule has 2 heterocycles. The average Bonchev–Trinajstić information content (AvgIpc) is 3.48. The highest BCUT2D eigenvalue weighted by Gasteiger charge is 2.32. The normalized spacial score (nSPS) is 17.8. The van der Waals surface area contributed by atoms with Crippen LogP contribution in [0.4, 0.5) is 5.82 Å². The molecule has 2 amide bonds. The first-order valence-corrected chi connectivity index (χ1v) is 10.5. The lowest BCUT2D eigenvalue weighted by atomic mass is 10.3. The van der Waals surface area contributed by atoms with Gasteiger partial charge in [-0.05, 0) is 44.4 Å². The molecule has 1 N–H and O–H groups in total. The number of halogens is 2. The van der Waals surface area contributed by atoms with Crippen LogP contribution in [-0.2, 0) is 9.59 Å². The van der Waals surface area contributed by atoms with E-state index >= 15 is 0 Å². The quantitative estimate of drug-likeness (QED) is 0.751. The molecule has 2 aliphatic rings. The topological polar surface area (TPSA) is 70.5 Å². The summed E-state index contributed by atoms with van der Waals surface area (Å²) in [5.41, 5.74) is 1.42. The molecule has 1 aliphatic heterocycles. The summed E-state index contributed by atoms with van der Waals surface area (Å²) in [5, 5.41) is 7.98. The number of hydrogen-bond donors (Lipinski definition) is 1. The van der Waals surface area contributed by atoms with Gasteiger partial charge in [-0.1, -0.05) is 23.2 Å². The van der Waals surface area contributed by atoms with Gasteiger partial charge in [-0.2, -0.15) is 0 Å². The molecule has 1 aliphatic carbocycles. The van der Waals surface area contributed by atoms with E-state index in [4.69, 9.17) is 23.2 Å². The molecule has 0 bridgehead atoms. The summed E-state index contributed by atoms with van der Waals surface area (Å²) in [7, 11) is 0. The largest absolute Gasteiger partial charge is 0.333 e. The molecule has 0 spiro atoms. The zero-order chi connectivity index (χ0) is 20.5. The van der Waals surface area contributed by atoms with E-state index in [1.165, 1.54) is 12.8 Å². The Morgan fingerprint density at radius 1 is 1.10 bits per heavy atom. The van der Waals surface area contributed by atoms with E-state index in [2.05, 4.69) is 15.3 Å². The Balaban J connectivity index is 1.42. The number of rotatable bonds is 3. The van der Waals surface area contributed by atoms with Gasteiger partial charge in [0.2, 0.25) is 0 Å². The first-order chi connectivity index (χ1) is 13.9. The lowest BCUT2D eigenvalue weighted by molar-refractivity contribution is -0.143. The number of nitrogens with zero attached hydrogens (tertiary/aromatic N) is 4. The van der Waals surface area contributed by atoms with Gasteiger partial charge < -0.3 is 10.2 Å². The molecule has 4 rings (SSSR count). The van der Waals surface area contributed by atoms with E-state index in [0.29, 0.717) is 40.7 Å². The van der Waals surface area contributed by atoms with Gasteiger partial charge in [-0.15, -0.1) is 5.10 Å². The summed E-state index contributed by atoms with van der Waals surface area (Å²) in [6.07, 6.45) is 3.38. The smallest absolute Gasteiger partial charge is 0.315 e. The number of amides is 2. The number of nitrogens with one attached hydrogen (secondary N) is 1. The number of anilines is 1. The number of carbonyl (C=O) groups excluding carboxylic acids is 2. The van der Waals surface area contributed by atoms with Crippen LogP contribution >= 0.6 is 23.2 Å². The van der Waals surface area contributed by atoms with Crippen molar-refractivity contribution in [1.29, 1.82) is 0 Å². The molecule has 0 radical (unpaired) electrons. The number of carbonyl (C=O) groups is 2. The molecular weight excluding hydrogens is 413 g/mol. The summed E-state index contributed by atoms with van der Waals surface area (Å²) in [6.45, 7) is 4.84. The average molecular weight is 436 g/mol. The van der Waals surface area contributed by atoms with Gasteiger partial charge in [0.15, 0.2) is 5.82 Å². The van der Waals surface area contributed by atoms with Crippen LogP contribution < -0.4 is 5.32 Å². The second-order valence-electron chi connectivity index (χ2n) is 7.55. The van der Waals surface area contributed by atoms with Crippen LogP contribution in [0.2, 0.25) is 10.0 Å². The van der Waals surface area contributed by atoms with Gasteiger partial charge in [0, 0.05) is 49.0 Å². The zero-order valence-corrected chi connectivity index (χ0v) is 17.7. The van der Waals surface area contributed by atoms with Crippen molar-refractivity contribution in [2.24, 2.45) is 0 Å². The highest BCUT2D eigenvalue weighted by molar-refractivity contribution is 6.39. The molecule has 29 heavy (non-hydrogen) atoms. The molecule has 1 aromatic carbocycles. The Kier molecular flexibility index (Phi) is 5.81. The van der Waals surface area contributed by atoms with Gasteiger partial charge in [-0.3, -0.25) is 14.5 Å². The van der Waals surface area contributed by atoms with Crippen molar-refractivity contribution in [1.82, 2.24) is 19.6 Å². The Labute approximate surface area is 179 Å². The van der Waals surface area contributed by atoms with E-state index in [0.717, 1.165) is 25.2 Å². The van der Waals surface area contributed by atoms with Gasteiger partial charge in [0.05, 0.1) is 10.7 Å². The summed E-state index contributed by atoms with van der Waals surface area (Å²) >= 11 is 12.2. The van der Waals surface area contributed by atoms with Gasteiger partial charge in [-0.25, -0.2) is 4.68 Å². The van der Waals surface area contributed by atoms with Crippen LogP contribution in [-0.4, -0.2) is 63.6 Å². The number of aromatic nitrogens is 2. The van der Waals surface area contributed by atoms with Crippen molar-refractivity contribution in [3.63, 3.8) is 0 Å². The second kappa shape index (κ2) is 8.34. The second-order valence-corrected chi connectivity index (χ2v) is 8.39. The lowest BCUT2D eigenvalue weighted by Gasteiger charge is -2.21. The van der Waals surface area contributed by atoms with Gasteiger partial charge in [0.25, 0.3) is 0 Å². The van der Waals surface area contributed by atoms with Crippen LogP contribution in [0.1, 0.15) is 25.0 Å². The first kappa shape index (κ1) is 20.2. The SMILES string of the molecule is Cc1cc(NC(=O)C(=O)N2CCCN(C3CC3)CC2)nn1-c1ccc(Cl)cc1Cl. The minimum absolute atomic E-state index is 0.307. The molecular formula is C20H23Cl2N5O2. The maximum absolute atomic E-state index is 12.6. The molecule has 1 aromatic heterocycles. The molecule has 2 aromatic rings. The molecule has 9 heteroatoms. The van der Waals surface area contributed by atoms with E-state index in [9.17, 15) is 9.59 Å². The minimum Gasteiger partial charge on any atom is -0.333 e. The Morgan fingerprint density at radius 2 is 1.90 bits per heavy atom. The van der Waals surface area contributed by atoms with Crippen molar-refractivity contribution in [3.05, 3.63) is 40.0 Å². The molecule has 7 nitrogen and oxygen atoms in total. The Hall–Kier alpha value is -2.09. The summed E-state index contributed by atoms with van der Waals surface area (Å²) in [5.74, 6) is -0.877. The maximum atomic E-state index is 12.6. The summed E-state index contributed by atoms with van der Waals surface area (Å²) in [6, 6.07) is 7.48. The first-order valence-electron chi connectivity index (χ1n) is 9.79. The monoisotopic (exact) mass is 435 g/mol. The summed E-state index contributed by atoms with van der Waals surface area (Å²) < 4.78 is 1.61. The van der Waals surface area contributed by atoms with E-state index < -0.39 is 11.8 Å². The molecule has 1 saturated heterocycles. The molecule has 154 valence electrons. The minimum atomic E-state index is -0.670. The molecule has 1 saturated carbocycles. The van der Waals surface area contributed by atoms with Crippen molar-refractivity contribution in [2.45, 2.75) is 32.2 Å². The van der Waals surface area contributed by atoms with Crippen LogP contribution in [0, 0.1) is 6.92 Å². The predicted molar refractivity (Wildman–Crippen MR) is 113 cm³/mol. The maximum Gasteiger partial charge on any atom is 0.315 e. The van der Waals surface area contributed by atoms with E-state index in [1.807, 2.05) is 6.92 Å². The predicted octanol–water partition coefficient (Wildman–Crippen LogP) is 3.12. The van der Waals surface area contributed by atoms with Crippen LogP contribution in [0.15, 0.2) is 24.3 Å². The lowest BCUT2D eigenvalue weighted by Crippen LogP contribution is -2.42. The fourth-order valence-electron chi connectivity index (χ4n) is 3.69. The van der Waals surface area contributed by atoms with Crippen molar-refractivity contribution in [3.8, 4) is 5.69 Å². The van der Waals surface area contributed by atoms with E-state index in [-0.39, 0.29) is 0 Å². The van der Waals surface area contributed by atoms with Gasteiger partial charge >= 0.3 is 11.8 Å². The highest BCUT2D eigenvalue weighted by Crippen LogP contribution is 2.28. The van der Waals surface area contributed by atoms with Crippen molar-refractivity contribution >= 4 is 40.8 Å². The fraction of sp³-hybridized carbons (Fsp3) is 0.450. The number of hydrogen-bond acceptors (Lipinski definition) is 4.